The van der Waals surface area contributed by atoms with E-state index in [2.05, 4.69) is 4.98 Å². The molecule has 2 aromatic rings. The number of hydrogen-bond donors (Lipinski definition) is 1. The van der Waals surface area contributed by atoms with E-state index < -0.39 is 5.82 Å². The van der Waals surface area contributed by atoms with Crippen molar-refractivity contribution in [1.82, 2.24) is 4.98 Å². The van der Waals surface area contributed by atoms with E-state index in [1.54, 1.807) is 12.1 Å². The van der Waals surface area contributed by atoms with Crippen LogP contribution in [-0.2, 0) is 0 Å². The molecule has 88 valence electrons. The van der Waals surface area contributed by atoms with Crippen molar-refractivity contribution in [1.29, 1.82) is 0 Å². The third kappa shape index (κ3) is 2.78. The predicted molar refractivity (Wildman–Crippen MR) is 65.1 cm³/mol. The summed E-state index contributed by atoms with van der Waals surface area (Å²) < 4.78 is 18.6. The van der Waals surface area contributed by atoms with E-state index in [9.17, 15) is 4.39 Å². The Balaban J connectivity index is 2.34. The molecule has 0 aliphatic heterocycles. The number of pyridine rings is 1. The first-order valence-corrected chi connectivity index (χ1v) is 5.36. The van der Waals surface area contributed by atoms with Gasteiger partial charge in [0.05, 0.1) is 10.7 Å². The van der Waals surface area contributed by atoms with Crippen LogP contribution in [0.4, 0.5) is 10.1 Å². The van der Waals surface area contributed by atoms with Crippen molar-refractivity contribution < 1.29 is 9.13 Å². The fourth-order valence-corrected chi connectivity index (χ4v) is 1.48. The summed E-state index contributed by atoms with van der Waals surface area (Å²) in [6.07, 6.45) is 1.28. The van der Waals surface area contributed by atoms with E-state index in [0.29, 0.717) is 10.7 Å². The lowest BCUT2D eigenvalue weighted by Gasteiger charge is -2.08. The second-order valence-electron chi connectivity index (χ2n) is 3.22. The lowest BCUT2D eigenvalue weighted by molar-refractivity contribution is 0.424. The number of nitrogen functional groups attached to an aromatic ring is 1. The highest BCUT2D eigenvalue weighted by molar-refractivity contribution is 6.31. The Bertz CT molecular complexity index is 563. The lowest BCUT2D eigenvalue weighted by Crippen LogP contribution is -1.95. The fourth-order valence-electron chi connectivity index (χ4n) is 1.18. The van der Waals surface area contributed by atoms with Crippen molar-refractivity contribution in [2.75, 3.05) is 5.73 Å². The first kappa shape index (κ1) is 12.0. The van der Waals surface area contributed by atoms with Crippen molar-refractivity contribution in [3.63, 3.8) is 0 Å². The van der Waals surface area contributed by atoms with Gasteiger partial charge in [-0.25, -0.2) is 9.37 Å². The van der Waals surface area contributed by atoms with Crippen molar-refractivity contribution in [2.45, 2.75) is 0 Å². The van der Waals surface area contributed by atoms with E-state index >= 15 is 0 Å². The molecule has 3 nitrogen and oxygen atoms in total. The third-order valence-corrected chi connectivity index (χ3v) is 2.40. The average molecular weight is 273 g/mol. The molecule has 2 rings (SSSR count). The highest BCUT2D eigenvalue weighted by atomic mass is 35.5. The number of anilines is 1. The molecule has 17 heavy (non-hydrogen) atoms. The maximum Gasteiger partial charge on any atom is 0.256 e. The summed E-state index contributed by atoms with van der Waals surface area (Å²) >= 11 is 11.3. The van der Waals surface area contributed by atoms with Crippen molar-refractivity contribution >= 4 is 28.9 Å². The second-order valence-corrected chi connectivity index (χ2v) is 4.10. The monoisotopic (exact) mass is 272 g/mol. The SMILES string of the molecule is Nc1ccc(Cl)cc1Oc1ncc(Cl)cc1F. The Morgan fingerprint density at radius 2 is 1.94 bits per heavy atom. The van der Waals surface area contributed by atoms with Crippen LogP contribution in [0.3, 0.4) is 0 Å². The quantitative estimate of drug-likeness (QED) is 0.844. The van der Waals surface area contributed by atoms with Gasteiger partial charge < -0.3 is 10.5 Å². The molecule has 0 bridgehead atoms. The highest BCUT2D eigenvalue weighted by Crippen LogP contribution is 2.30. The standard InChI is InChI=1S/C11H7Cl2FN2O/c12-6-1-2-9(15)10(4-6)17-11-8(14)3-7(13)5-16-11/h1-5H,15H2. The van der Waals surface area contributed by atoms with Crippen LogP contribution in [-0.4, -0.2) is 4.98 Å². The van der Waals surface area contributed by atoms with E-state index in [4.69, 9.17) is 33.7 Å². The van der Waals surface area contributed by atoms with E-state index in [1.807, 2.05) is 0 Å². The summed E-state index contributed by atoms with van der Waals surface area (Å²) in [6, 6.07) is 5.75. The van der Waals surface area contributed by atoms with Gasteiger partial charge in [-0.15, -0.1) is 0 Å². The Morgan fingerprint density at radius 1 is 1.18 bits per heavy atom. The van der Waals surface area contributed by atoms with Crippen molar-refractivity contribution in [2.24, 2.45) is 0 Å². The molecule has 0 atom stereocenters. The summed E-state index contributed by atoms with van der Waals surface area (Å²) in [7, 11) is 0. The third-order valence-electron chi connectivity index (χ3n) is 1.96. The average Bonchev–Trinajstić information content (AvgIpc) is 2.27. The first-order chi connectivity index (χ1) is 8.06. The molecule has 0 saturated heterocycles. The summed E-state index contributed by atoms with van der Waals surface area (Å²) in [4.78, 5) is 3.72. The van der Waals surface area contributed by atoms with Gasteiger partial charge in [0.1, 0.15) is 0 Å². The molecule has 0 aliphatic rings. The zero-order chi connectivity index (χ0) is 12.4. The van der Waals surface area contributed by atoms with Crippen molar-refractivity contribution in [3.05, 3.63) is 46.3 Å². The van der Waals surface area contributed by atoms with Gasteiger partial charge in [0, 0.05) is 17.3 Å². The molecule has 0 radical (unpaired) electrons. The Morgan fingerprint density at radius 3 is 2.65 bits per heavy atom. The number of rotatable bonds is 2. The minimum absolute atomic E-state index is 0.189. The Hall–Kier alpha value is -1.52. The van der Waals surface area contributed by atoms with Crippen LogP contribution in [0.2, 0.25) is 10.0 Å². The van der Waals surface area contributed by atoms with Crippen LogP contribution in [0, 0.1) is 5.82 Å². The van der Waals surface area contributed by atoms with Crippen LogP contribution in [0.5, 0.6) is 11.6 Å². The fraction of sp³-hybridized carbons (Fsp3) is 0. The first-order valence-electron chi connectivity index (χ1n) is 4.60. The van der Waals surface area contributed by atoms with E-state index in [0.717, 1.165) is 6.07 Å². The zero-order valence-corrected chi connectivity index (χ0v) is 9.97. The number of nitrogens with zero attached hydrogens (tertiary/aromatic N) is 1. The Labute approximate surface area is 107 Å². The van der Waals surface area contributed by atoms with Gasteiger partial charge >= 0.3 is 0 Å². The van der Waals surface area contributed by atoms with Crippen LogP contribution < -0.4 is 10.5 Å². The molecular formula is C11H7Cl2FN2O. The van der Waals surface area contributed by atoms with Crippen molar-refractivity contribution in [3.8, 4) is 11.6 Å². The Kier molecular flexibility index (Phi) is 3.36. The minimum Gasteiger partial charge on any atom is -0.434 e. The van der Waals surface area contributed by atoms with Gasteiger partial charge in [0.2, 0.25) is 0 Å². The van der Waals surface area contributed by atoms with Gasteiger partial charge in [-0.1, -0.05) is 23.2 Å². The normalized spacial score (nSPS) is 10.3. The number of benzene rings is 1. The summed E-state index contributed by atoms with van der Waals surface area (Å²) in [5.41, 5.74) is 6.00. The molecule has 1 aromatic heterocycles. The summed E-state index contributed by atoms with van der Waals surface area (Å²) in [5.74, 6) is -0.633. The maximum absolute atomic E-state index is 13.4. The van der Waals surface area contributed by atoms with Crippen LogP contribution >= 0.6 is 23.2 Å². The number of hydrogen-bond acceptors (Lipinski definition) is 3. The van der Waals surface area contributed by atoms with Gasteiger partial charge in [-0.3, -0.25) is 0 Å². The van der Waals surface area contributed by atoms with E-state index in [1.165, 1.54) is 12.3 Å². The highest BCUT2D eigenvalue weighted by Gasteiger charge is 2.09. The number of nitrogens with two attached hydrogens (primary N) is 1. The molecular weight excluding hydrogens is 266 g/mol. The predicted octanol–water partition coefficient (Wildman–Crippen LogP) is 3.90. The van der Waals surface area contributed by atoms with Crippen LogP contribution in [0.25, 0.3) is 0 Å². The van der Waals surface area contributed by atoms with Crippen LogP contribution in [0.1, 0.15) is 0 Å². The maximum atomic E-state index is 13.4. The topological polar surface area (TPSA) is 48.1 Å². The van der Waals surface area contributed by atoms with Gasteiger partial charge in [-0.05, 0) is 18.2 Å². The molecule has 1 heterocycles. The van der Waals surface area contributed by atoms with Crippen LogP contribution in [0.15, 0.2) is 30.5 Å². The van der Waals surface area contributed by atoms with Gasteiger partial charge in [-0.2, -0.15) is 0 Å². The number of halogens is 3. The molecule has 0 aliphatic carbocycles. The molecule has 1 aromatic carbocycles. The minimum atomic E-state index is -0.670. The van der Waals surface area contributed by atoms with Gasteiger partial charge in [0.25, 0.3) is 5.88 Å². The molecule has 0 saturated carbocycles. The van der Waals surface area contributed by atoms with E-state index in [-0.39, 0.29) is 16.7 Å². The zero-order valence-electron chi connectivity index (χ0n) is 8.45. The molecule has 0 amide bonds. The molecule has 2 N–H and O–H groups in total. The number of ether oxygens (including phenoxy) is 1. The summed E-state index contributed by atoms with van der Waals surface area (Å²) in [5, 5.41) is 0.623. The molecule has 6 heteroatoms. The second kappa shape index (κ2) is 4.77. The summed E-state index contributed by atoms with van der Waals surface area (Å²) in [6.45, 7) is 0. The van der Waals surface area contributed by atoms with Gasteiger partial charge in [0.15, 0.2) is 11.6 Å². The molecule has 0 spiro atoms. The molecule has 0 fully saturated rings. The lowest BCUT2D eigenvalue weighted by atomic mass is 10.3. The number of aromatic nitrogens is 1. The smallest absolute Gasteiger partial charge is 0.256 e. The largest absolute Gasteiger partial charge is 0.434 e. The molecule has 0 unspecified atom stereocenters.